The van der Waals surface area contributed by atoms with Crippen molar-refractivity contribution in [1.29, 1.82) is 0 Å². The molecule has 1 N–H and O–H groups in total. The fourth-order valence-corrected chi connectivity index (χ4v) is 5.03. The molecule has 1 fully saturated rings. The lowest BCUT2D eigenvalue weighted by Gasteiger charge is -2.14. The third kappa shape index (κ3) is 6.08. The Kier molecular flexibility index (Phi) is 8.40. The van der Waals surface area contributed by atoms with Gasteiger partial charge in [0.05, 0.1) is 20.8 Å². The number of methoxy groups -OCH3 is 2. The van der Waals surface area contributed by atoms with Gasteiger partial charge < -0.3 is 23.9 Å². The summed E-state index contributed by atoms with van der Waals surface area (Å²) in [5.41, 5.74) is 1.60. The highest BCUT2D eigenvalue weighted by Gasteiger charge is 2.34. The van der Waals surface area contributed by atoms with Crippen LogP contribution in [0.4, 0.5) is 4.79 Å². The Balaban J connectivity index is 1.51. The third-order valence-corrected chi connectivity index (χ3v) is 7.22. The number of amides is 3. The van der Waals surface area contributed by atoms with Crippen LogP contribution in [-0.4, -0.2) is 37.0 Å². The second-order valence-electron chi connectivity index (χ2n) is 7.69. The first-order chi connectivity index (χ1) is 17.7. The lowest BCUT2D eigenvalue weighted by molar-refractivity contribution is -0.123. The number of rotatable bonds is 8. The number of carbonyl (C=O) groups is 3. The molecule has 0 atom stereocenters. The minimum Gasteiger partial charge on any atom is -0.493 e. The summed E-state index contributed by atoms with van der Waals surface area (Å²) < 4.78 is 23.9. The average molecular weight is 699 g/mol. The number of halogens is 3. The van der Waals surface area contributed by atoms with E-state index in [-0.39, 0.29) is 23.8 Å². The Hall–Kier alpha value is -3.09. The third-order valence-electron chi connectivity index (χ3n) is 5.31. The monoisotopic (exact) mass is 696 g/mol. The van der Waals surface area contributed by atoms with Gasteiger partial charge in [0.15, 0.2) is 11.5 Å². The van der Waals surface area contributed by atoms with E-state index in [1.54, 1.807) is 12.1 Å². The number of esters is 1. The molecule has 192 valence electrons. The van der Waals surface area contributed by atoms with E-state index in [1.165, 1.54) is 32.4 Å². The molecule has 0 radical (unpaired) electrons. The normalized spacial score (nSPS) is 14.2. The number of benzene rings is 2. The number of urea groups is 1. The summed E-state index contributed by atoms with van der Waals surface area (Å²) in [5, 5.41) is 2.56. The van der Waals surface area contributed by atoms with E-state index in [4.69, 9.17) is 13.9 Å². The highest BCUT2D eigenvalue weighted by atomic mass is 79.9. The molecule has 0 unspecified atom stereocenters. The van der Waals surface area contributed by atoms with Gasteiger partial charge >= 0.3 is 12.0 Å². The number of carbonyl (C=O) groups excluding carboxylic acids is 3. The molecule has 0 saturated carbocycles. The summed E-state index contributed by atoms with van der Waals surface area (Å²) in [6.07, 6.45) is 1.53. The van der Waals surface area contributed by atoms with Crippen LogP contribution in [0.3, 0.4) is 0 Å². The van der Waals surface area contributed by atoms with Crippen molar-refractivity contribution >= 4 is 71.8 Å². The van der Waals surface area contributed by atoms with Gasteiger partial charge in [0.1, 0.15) is 18.1 Å². The second-order valence-corrected chi connectivity index (χ2v) is 10.3. The maximum Gasteiger partial charge on any atom is 0.373 e. The lowest BCUT2D eigenvalue weighted by atomic mass is 10.1. The summed E-state index contributed by atoms with van der Waals surface area (Å²) >= 11 is 10.5. The largest absolute Gasteiger partial charge is 0.493 e. The number of furan rings is 1. The second kappa shape index (κ2) is 11.5. The van der Waals surface area contributed by atoms with Gasteiger partial charge in [-0.2, -0.15) is 0 Å². The Morgan fingerprint density at radius 1 is 1.03 bits per heavy atom. The zero-order valence-corrected chi connectivity index (χ0v) is 24.2. The molecule has 0 aliphatic carbocycles. The van der Waals surface area contributed by atoms with Gasteiger partial charge in [-0.1, -0.05) is 53.9 Å². The minimum absolute atomic E-state index is 0.0221. The molecule has 1 saturated heterocycles. The van der Waals surface area contributed by atoms with Gasteiger partial charge in [0, 0.05) is 19.0 Å². The van der Waals surface area contributed by atoms with Crippen LogP contribution in [0.25, 0.3) is 6.08 Å². The van der Waals surface area contributed by atoms with E-state index in [2.05, 4.69) is 57.8 Å². The van der Waals surface area contributed by atoms with Crippen LogP contribution in [-0.2, 0) is 22.7 Å². The standard InChI is InChI=1S/C25H19Br3N2O7/c1-34-21-8-14(18(28)10-22(21)36-12-13-3-4-15(26)9-17(13)27)7-19-23(31)30(25(33)29-19)11-16-5-6-20(37-16)24(32)35-2/h3-10H,11-12H2,1-2H3,(H,29,33)/b19-7-. The van der Waals surface area contributed by atoms with Crippen molar-refractivity contribution in [1.82, 2.24) is 10.2 Å². The summed E-state index contributed by atoms with van der Waals surface area (Å²) in [5.74, 6) is -0.0260. The Morgan fingerprint density at radius 2 is 1.81 bits per heavy atom. The van der Waals surface area contributed by atoms with Crippen molar-refractivity contribution in [2.45, 2.75) is 13.2 Å². The summed E-state index contributed by atoms with van der Waals surface area (Å²) in [7, 11) is 2.74. The lowest BCUT2D eigenvalue weighted by Crippen LogP contribution is -2.30. The van der Waals surface area contributed by atoms with Crippen LogP contribution in [0.5, 0.6) is 11.5 Å². The molecule has 1 aromatic heterocycles. The van der Waals surface area contributed by atoms with Crippen LogP contribution in [0.2, 0.25) is 0 Å². The van der Waals surface area contributed by atoms with Crippen molar-refractivity contribution in [3.8, 4) is 11.5 Å². The molecule has 9 nitrogen and oxygen atoms in total. The Labute approximate surface area is 237 Å². The topological polar surface area (TPSA) is 107 Å². The van der Waals surface area contributed by atoms with E-state index in [0.717, 1.165) is 19.4 Å². The summed E-state index contributed by atoms with van der Waals surface area (Å²) in [4.78, 5) is 38.0. The predicted octanol–water partition coefficient (Wildman–Crippen LogP) is 6.03. The molecule has 2 aromatic carbocycles. The van der Waals surface area contributed by atoms with E-state index in [0.29, 0.717) is 28.1 Å². The van der Waals surface area contributed by atoms with Crippen molar-refractivity contribution in [2.24, 2.45) is 0 Å². The van der Waals surface area contributed by atoms with Crippen molar-refractivity contribution in [2.75, 3.05) is 14.2 Å². The number of hydrogen-bond acceptors (Lipinski definition) is 7. The molecule has 4 rings (SSSR count). The predicted molar refractivity (Wildman–Crippen MR) is 144 cm³/mol. The first kappa shape index (κ1) is 27.0. The van der Waals surface area contributed by atoms with Gasteiger partial charge in [-0.3, -0.25) is 9.69 Å². The Morgan fingerprint density at radius 3 is 2.51 bits per heavy atom. The molecule has 1 aliphatic rings. The van der Waals surface area contributed by atoms with Crippen molar-refractivity contribution in [3.63, 3.8) is 0 Å². The van der Waals surface area contributed by atoms with E-state index in [1.807, 2.05) is 18.2 Å². The molecule has 12 heteroatoms. The highest BCUT2D eigenvalue weighted by molar-refractivity contribution is 9.11. The SMILES string of the molecule is COC(=O)c1ccc(CN2C(=O)N/C(=C\c3cc(OC)c(OCc4ccc(Br)cc4Br)cc3Br)C2=O)o1. The van der Waals surface area contributed by atoms with E-state index in [9.17, 15) is 14.4 Å². The molecule has 3 aromatic rings. The number of ether oxygens (including phenoxy) is 3. The van der Waals surface area contributed by atoms with Gasteiger partial charge in [0.2, 0.25) is 5.76 Å². The summed E-state index contributed by atoms with van der Waals surface area (Å²) in [6, 6.07) is 11.5. The number of imide groups is 1. The Bertz CT molecular complexity index is 1420. The van der Waals surface area contributed by atoms with Gasteiger partial charge in [0.25, 0.3) is 5.91 Å². The van der Waals surface area contributed by atoms with Gasteiger partial charge in [-0.05, 0) is 48.0 Å². The van der Waals surface area contributed by atoms with Crippen LogP contribution < -0.4 is 14.8 Å². The first-order valence-corrected chi connectivity index (χ1v) is 13.0. The van der Waals surface area contributed by atoms with Crippen LogP contribution in [0, 0.1) is 0 Å². The number of hydrogen-bond donors (Lipinski definition) is 1. The zero-order chi connectivity index (χ0) is 26.7. The first-order valence-electron chi connectivity index (χ1n) is 10.7. The molecule has 0 spiro atoms. The number of nitrogens with one attached hydrogen (secondary N) is 1. The smallest absolute Gasteiger partial charge is 0.373 e. The van der Waals surface area contributed by atoms with Crippen molar-refractivity contribution < 1.29 is 33.0 Å². The van der Waals surface area contributed by atoms with Gasteiger partial charge in [-0.25, -0.2) is 9.59 Å². The van der Waals surface area contributed by atoms with Gasteiger partial charge in [-0.15, -0.1) is 0 Å². The van der Waals surface area contributed by atoms with E-state index >= 15 is 0 Å². The summed E-state index contributed by atoms with van der Waals surface area (Å²) in [6.45, 7) is 0.146. The molecular weight excluding hydrogens is 680 g/mol. The average Bonchev–Trinajstić information content (AvgIpc) is 3.44. The zero-order valence-electron chi connectivity index (χ0n) is 19.5. The maximum absolute atomic E-state index is 12.9. The molecular formula is C25H19Br3N2O7. The quantitative estimate of drug-likeness (QED) is 0.174. The van der Waals surface area contributed by atoms with Crippen LogP contribution in [0.1, 0.15) is 27.4 Å². The van der Waals surface area contributed by atoms with Crippen LogP contribution >= 0.6 is 47.8 Å². The molecule has 3 amide bonds. The van der Waals surface area contributed by atoms with Crippen LogP contribution in [0.15, 0.2) is 66.0 Å². The molecule has 37 heavy (non-hydrogen) atoms. The molecule has 0 bridgehead atoms. The number of nitrogens with zero attached hydrogens (tertiary/aromatic N) is 1. The van der Waals surface area contributed by atoms with Crippen molar-refractivity contribution in [3.05, 3.63) is 84.2 Å². The highest BCUT2D eigenvalue weighted by Crippen LogP contribution is 2.36. The fraction of sp³-hybridized carbons (Fsp3) is 0.160. The molecule has 2 heterocycles. The minimum atomic E-state index is -0.653. The maximum atomic E-state index is 12.9. The van der Waals surface area contributed by atoms with E-state index < -0.39 is 17.9 Å². The molecule has 1 aliphatic heterocycles. The fourth-order valence-electron chi connectivity index (χ4n) is 3.43.